The molecule has 3 aromatic carbocycles. The van der Waals surface area contributed by atoms with Crippen molar-refractivity contribution in [2.24, 2.45) is 4.99 Å². The van der Waals surface area contributed by atoms with Crippen LogP contribution in [0.5, 0.6) is 17.2 Å². The van der Waals surface area contributed by atoms with E-state index in [1.807, 2.05) is 62.4 Å². The molecule has 0 saturated heterocycles. The van der Waals surface area contributed by atoms with Crippen LogP contribution in [0.3, 0.4) is 0 Å². The van der Waals surface area contributed by atoms with Crippen molar-refractivity contribution in [1.29, 1.82) is 0 Å². The minimum atomic E-state index is -0.246. The van der Waals surface area contributed by atoms with Gasteiger partial charge in [-0.25, -0.2) is 0 Å². The van der Waals surface area contributed by atoms with Gasteiger partial charge in [0.25, 0.3) is 0 Å². The molecule has 32 heavy (non-hydrogen) atoms. The molecule has 0 amide bonds. The number of para-hydroxylation sites is 3. The Balaban J connectivity index is 2.05. The third kappa shape index (κ3) is 5.21. The molecule has 0 heterocycles. The summed E-state index contributed by atoms with van der Waals surface area (Å²) in [7, 11) is 0. The molecular formula is C29H34NO2. The Labute approximate surface area is 192 Å². The molecular weight excluding hydrogens is 394 g/mol. The van der Waals surface area contributed by atoms with Gasteiger partial charge in [0.1, 0.15) is 11.4 Å². The molecule has 1 radical (unpaired) electrons. The molecule has 3 rings (SSSR count). The molecule has 3 heteroatoms. The van der Waals surface area contributed by atoms with Crippen LogP contribution in [0.4, 0.5) is 5.69 Å². The van der Waals surface area contributed by atoms with Gasteiger partial charge in [-0.15, -0.1) is 0 Å². The maximum absolute atomic E-state index is 13.3. The second-order valence-electron chi connectivity index (χ2n) is 10.5. The van der Waals surface area contributed by atoms with E-state index in [9.17, 15) is 5.11 Å². The van der Waals surface area contributed by atoms with E-state index < -0.39 is 0 Å². The molecule has 3 aromatic rings. The molecule has 0 spiro atoms. The number of ether oxygens (including phenoxy) is 1. The predicted molar refractivity (Wildman–Crippen MR) is 134 cm³/mol. The van der Waals surface area contributed by atoms with E-state index in [1.54, 1.807) is 6.21 Å². The van der Waals surface area contributed by atoms with Gasteiger partial charge in [-0.1, -0.05) is 77.9 Å². The van der Waals surface area contributed by atoms with Gasteiger partial charge in [-0.3, -0.25) is 10.1 Å². The quantitative estimate of drug-likeness (QED) is 0.384. The first-order valence-electron chi connectivity index (χ1n) is 11.1. The monoisotopic (exact) mass is 428 g/mol. The smallest absolute Gasteiger partial charge is 0.191 e. The van der Waals surface area contributed by atoms with Crippen LogP contribution in [0, 0.1) is 13.8 Å². The number of rotatable bonds is 4. The second-order valence-corrected chi connectivity index (χ2v) is 10.5. The lowest BCUT2D eigenvalue weighted by Crippen LogP contribution is -2.17. The summed E-state index contributed by atoms with van der Waals surface area (Å²) in [6.45, 7) is 16.8. The lowest BCUT2D eigenvalue weighted by atomic mass is 9.79. The van der Waals surface area contributed by atoms with Gasteiger partial charge >= 0.3 is 0 Å². The van der Waals surface area contributed by atoms with Crippen molar-refractivity contribution in [3.63, 3.8) is 0 Å². The second kappa shape index (κ2) is 8.82. The Morgan fingerprint density at radius 1 is 0.812 bits per heavy atom. The van der Waals surface area contributed by atoms with Crippen LogP contribution in [0.25, 0.3) is 0 Å². The summed E-state index contributed by atoms with van der Waals surface area (Å²) in [4.78, 5) is 4.69. The first kappa shape index (κ1) is 23.6. The van der Waals surface area contributed by atoms with Crippen molar-refractivity contribution in [3.05, 3.63) is 82.4 Å². The Morgan fingerprint density at radius 2 is 1.44 bits per heavy atom. The highest BCUT2D eigenvalue weighted by molar-refractivity contribution is 5.87. The van der Waals surface area contributed by atoms with E-state index in [2.05, 4.69) is 52.6 Å². The van der Waals surface area contributed by atoms with Crippen LogP contribution in [-0.4, -0.2) is 6.21 Å². The summed E-state index contributed by atoms with van der Waals surface area (Å²) in [6.07, 6.45) is 1.68. The van der Waals surface area contributed by atoms with Crippen LogP contribution < -0.4 is 4.74 Å². The van der Waals surface area contributed by atoms with Crippen LogP contribution in [0.1, 0.15) is 69.4 Å². The minimum Gasteiger partial charge on any atom is -0.455 e. The van der Waals surface area contributed by atoms with E-state index >= 15 is 0 Å². The van der Waals surface area contributed by atoms with Crippen molar-refractivity contribution in [2.75, 3.05) is 0 Å². The van der Waals surface area contributed by atoms with Crippen molar-refractivity contribution in [2.45, 2.75) is 66.2 Å². The fraction of sp³-hybridized carbons (Fsp3) is 0.345. The fourth-order valence-corrected chi connectivity index (χ4v) is 3.60. The lowest BCUT2D eigenvalue weighted by molar-refractivity contribution is 0.339. The number of aliphatic imine (C=N–C) groups is 1. The van der Waals surface area contributed by atoms with E-state index in [0.717, 1.165) is 28.0 Å². The van der Waals surface area contributed by atoms with Crippen molar-refractivity contribution in [3.8, 4) is 17.2 Å². The van der Waals surface area contributed by atoms with Crippen LogP contribution in [0.15, 0.2) is 59.6 Å². The maximum atomic E-state index is 13.3. The Kier molecular flexibility index (Phi) is 6.50. The minimum absolute atomic E-state index is 0.0300. The van der Waals surface area contributed by atoms with Crippen molar-refractivity contribution >= 4 is 11.9 Å². The maximum Gasteiger partial charge on any atom is 0.191 e. The number of hydrogen-bond donors (Lipinski definition) is 0. The summed E-state index contributed by atoms with van der Waals surface area (Å²) >= 11 is 0. The Hall–Kier alpha value is -3.07. The van der Waals surface area contributed by atoms with E-state index in [1.165, 1.54) is 0 Å². The Bertz CT molecular complexity index is 1120. The molecule has 167 valence electrons. The van der Waals surface area contributed by atoms with Crippen LogP contribution in [0.2, 0.25) is 0 Å². The number of aryl methyl sites for hydroxylation is 2. The van der Waals surface area contributed by atoms with Gasteiger partial charge in [-0.2, -0.15) is 0 Å². The summed E-state index contributed by atoms with van der Waals surface area (Å²) in [5.41, 5.74) is 5.05. The van der Waals surface area contributed by atoms with E-state index in [4.69, 9.17) is 4.74 Å². The van der Waals surface area contributed by atoms with Crippen LogP contribution in [-0.2, 0) is 15.9 Å². The number of hydrogen-bond acceptors (Lipinski definition) is 2. The standard InChI is InChI=1S/C29H34NO2/c1-19-12-11-13-20(2)27(19)32-25-15-10-9-14-24(25)30-18-21-16-22(28(3,4)5)17-23(26(21)31)29(6,7)8/h9-18H,1-8H3. The SMILES string of the molecule is Cc1cccc(C)c1Oc1ccccc1N=Cc1cc(C(C)(C)C)cc(C(C)(C)C)c1[O]. The molecule has 3 nitrogen and oxygen atoms in total. The zero-order valence-electron chi connectivity index (χ0n) is 20.5. The predicted octanol–water partition coefficient (Wildman–Crippen LogP) is 8.59. The molecule has 0 aliphatic heterocycles. The molecule has 0 saturated carbocycles. The topological polar surface area (TPSA) is 41.5 Å². The molecule has 0 fully saturated rings. The summed E-state index contributed by atoms with van der Waals surface area (Å²) < 4.78 is 6.25. The normalized spacial score (nSPS) is 12.4. The zero-order valence-corrected chi connectivity index (χ0v) is 20.5. The third-order valence-corrected chi connectivity index (χ3v) is 5.62. The lowest BCUT2D eigenvalue weighted by Gasteiger charge is -2.26. The van der Waals surface area contributed by atoms with Gasteiger partial charge in [-0.05, 0) is 59.6 Å². The highest BCUT2D eigenvalue weighted by Crippen LogP contribution is 2.39. The fourth-order valence-electron chi connectivity index (χ4n) is 3.60. The molecule has 0 unspecified atom stereocenters. The average molecular weight is 429 g/mol. The summed E-state index contributed by atoms with van der Waals surface area (Å²) in [6, 6.07) is 17.8. The third-order valence-electron chi connectivity index (χ3n) is 5.62. The molecule has 0 bridgehead atoms. The van der Waals surface area contributed by atoms with Crippen LogP contribution >= 0.6 is 0 Å². The highest BCUT2D eigenvalue weighted by Gasteiger charge is 2.25. The molecule has 0 aliphatic rings. The number of benzene rings is 3. The molecule has 0 atom stereocenters. The molecule has 0 aliphatic carbocycles. The van der Waals surface area contributed by atoms with E-state index in [0.29, 0.717) is 17.0 Å². The first-order valence-corrected chi connectivity index (χ1v) is 11.1. The van der Waals surface area contributed by atoms with Gasteiger partial charge in [0, 0.05) is 17.3 Å². The van der Waals surface area contributed by atoms with Crippen molar-refractivity contribution in [1.82, 2.24) is 0 Å². The largest absolute Gasteiger partial charge is 0.455 e. The van der Waals surface area contributed by atoms with Gasteiger partial charge in [0.2, 0.25) is 0 Å². The number of nitrogens with zero attached hydrogens (tertiary/aromatic N) is 1. The first-order chi connectivity index (χ1) is 14.9. The zero-order chi connectivity index (χ0) is 23.7. The van der Waals surface area contributed by atoms with Gasteiger partial charge in [0.05, 0.1) is 0 Å². The Morgan fingerprint density at radius 3 is 2.03 bits per heavy atom. The molecule has 0 aromatic heterocycles. The summed E-state index contributed by atoms with van der Waals surface area (Å²) in [5.74, 6) is 1.53. The van der Waals surface area contributed by atoms with Gasteiger partial charge in [0.15, 0.2) is 11.5 Å². The van der Waals surface area contributed by atoms with Crippen molar-refractivity contribution < 1.29 is 9.84 Å². The van der Waals surface area contributed by atoms with E-state index in [-0.39, 0.29) is 16.6 Å². The highest BCUT2D eigenvalue weighted by atomic mass is 16.5. The summed E-state index contributed by atoms with van der Waals surface area (Å²) in [5, 5.41) is 13.3. The molecule has 0 N–H and O–H groups in total. The average Bonchev–Trinajstić information content (AvgIpc) is 2.69. The van der Waals surface area contributed by atoms with Gasteiger partial charge < -0.3 is 4.74 Å².